The summed E-state index contributed by atoms with van der Waals surface area (Å²) in [5.41, 5.74) is 5.31. The van der Waals surface area contributed by atoms with E-state index in [1.165, 1.54) is 0 Å². The molecule has 0 fully saturated rings. The lowest BCUT2D eigenvalue weighted by Gasteiger charge is -2.11. The molecule has 6 nitrogen and oxygen atoms in total. The van der Waals surface area contributed by atoms with Gasteiger partial charge in [-0.3, -0.25) is 9.59 Å². The Morgan fingerprint density at radius 2 is 1.65 bits per heavy atom. The predicted octanol–water partition coefficient (Wildman–Crippen LogP) is 5.68. The van der Waals surface area contributed by atoms with Gasteiger partial charge >= 0.3 is 5.97 Å². The van der Waals surface area contributed by atoms with Crippen LogP contribution in [0.1, 0.15) is 40.9 Å². The fourth-order valence-electron chi connectivity index (χ4n) is 3.69. The fourth-order valence-corrected chi connectivity index (χ4v) is 3.81. The van der Waals surface area contributed by atoms with E-state index in [4.69, 9.17) is 26.7 Å². The third-order valence-electron chi connectivity index (χ3n) is 5.47. The lowest BCUT2D eigenvalue weighted by molar-refractivity contribution is -0.137. The van der Waals surface area contributed by atoms with Crippen LogP contribution < -0.4 is 5.32 Å². The number of aromatic nitrogens is 2. The molecule has 4 aromatic rings. The third kappa shape index (κ3) is 5.97. The molecule has 0 aliphatic carbocycles. The number of nitrogens with zero attached hydrogens (tertiary/aromatic N) is 2. The van der Waals surface area contributed by atoms with E-state index < -0.39 is 5.97 Å². The van der Waals surface area contributed by atoms with Gasteiger partial charge in [-0.25, -0.2) is 9.97 Å². The van der Waals surface area contributed by atoms with Crippen LogP contribution in [0.15, 0.2) is 72.8 Å². The number of fused-ring (bicyclic) bond motifs is 1. The number of unbranched alkanes of at least 4 members (excludes halogenated alkanes) is 1. The number of benzene rings is 3. The molecule has 0 saturated heterocycles. The van der Waals surface area contributed by atoms with Gasteiger partial charge in [-0.15, -0.1) is 0 Å². The van der Waals surface area contributed by atoms with Crippen LogP contribution in [-0.2, 0) is 17.8 Å². The predicted molar refractivity (Wildman–Crippen MR) is 133 cm³/mol. The minimum Gasteiger partial charge on any atom is -0.481 e. The van der Waals surface area contributed by atoms with E-state index in [-0.39, 0.29) is 12.3 Å². The molecule has 0 spiro atoms. The van der Waals surface area contributed by atoms with Crippen LogP contribution in [0.25, 0.3) is 22.3 Å². The minimum absolute atomic E-state index is 0.125. The summed E-state index contributed by atoms with van der Waals surface area (Å²) in [6, 6.07) is 22.4. The number of carboxylic acid groups (broad SMARTS) is 1. The molecule has 1 aromatic heterocycles. The number of hydrogen-bond acceptors (Lipinski definition) is 4. The zero-order chi connectivity index (χ0) is 23.9. The Hall–Kier alpha value is -3.77. The maximum Gasteiger partial charge on any atom is 0.303 e. The summed E-state index contributed by atoms with van der Waals surface area (Å²) in [6.07, 6.45) is 1.98. The zero-order valence-corrected chi connectivity index (χ0v) is 19.3. The largest absolute Gasteiger partial charge is 0.481 e. The van der Waals surface area contributed by atoms with Gasteiger partial charge in [0, 0.05) is 29.1 Å². The Morgan fingerprint density at radius 3 is 2.38 bits per heavy atom. The second-order valence-corrected chi connectivity index (χ2v) is 8.43. The average Bonchev–Trinajstić information content (AvgIpc) is 2.85. The monoisotopic (exact) mass is 473 g/mol. The summed E-state index contributed by atoms with van der Waals surface area (Å²) in [5.74, 6) is -1.00. The molecule has 0 saturated carbocycles. The fraction of sp³-hybridized carbons (Fsp3) is 0.185. The van der Waals surface area contributed by atoms with Crippen molar-refractivity contribution in [1.29, 1.82) is 0 Å². The van der Waals surface area contributed by atoms with Crippen molar-refractivity contribution in [1.82, 2.24) is 15.3 Å². The molecule has 4 rings (SSSR count). The second kappa shape index (κ2) is 10.9. The number of amides is 1. The molecule has 0 aliphatic rings. The number of nitrogens with one attached hydrogen (secondary N) is 1. The van der Waals surface area contributed by atoms with E-state index in [1.807, 2.05) is 42.5 Å². The zero-order valence-electron chi connectivity index (χ0n) is 18.5. The molecule has 0 atom stereocenters. The molecule has 172 valence electrons. The van der Waals surface area contributed by atoms with Crippen molar-refractivity contribution >= 4 is 34.5 Å². The number of aliphatic carboxylic acids is 1. The lowest BCUT2D eigenvalue weighted by Crippen LogP contribution is -2.22. The number of rotatable bonds is 9. The van der Waals surface area contributed by atoms with Crippen LogP contribution in [0.3, 0.4) is 0 Å². The molecule has 1 heterocycles. The standard InChI is InChI=1S/C27H24ClN3O3/c28-21-13-10-18(11-14-21)17-29-27(34)20-12-15-22-24(16-20)30-23(8-4-5-9-25(32)33)26(31-22)19-6-2-1-3-7-19/h1-3,6-7,10-16H,4-5,8-9,17H2,(H,29,34)(H,32,33). The smallest absolute Gasteiger partial charge is 0.303 e. The number of halogens is 1. The van der Waals surface area contributed by atoms with Crippen LogP contribution in [0.5, 0.6) is 0 Å². The number of aryl methyl sites for hydroxylation is 1. The summed E-state index contributed by atoms with van der Waals surface area (Å²) in [6.45, 7) is 0.390. The van der Waals surface area contributed by atoms with Crippen LogP contribution in [-0.4, -0.2) is 27.0 Å². The van der Waals surface area contributed by atoms with Gasteiger partial charge in [-0.2, -0.15) is 0 Å². The molecule has 3 aromatic carbocycles. The average molecular weight is 474 g/mol. The quantitative estimate of drug-likeness (QED) is 0.305. The van der Waals surface area contributed by atoms with Crippen molar-refractivity contribution in [2.45, 2.75) is 32.2 Å². The van der Waals surface area contributed by atoms with Crippen molar-refractivity contribution < 1.29 is 14.7 Å². The molecule has 0 radical (unpaired) electrons. The van der Waals surface area contributed by atoms with Crippen molar-refractivity contribution in [2.75, 3.05) is 0 Å². The highest BCUT2D eigenvalue weighted by Crippen LogP contribution is 2.25. The Labute approximate surface area is 202 Å². The van der Waals surface area contributed by atoms with Gasteiger partial charge < -0.3 is 10.4 Å². The number of carboxylic acids is 1. The normalized spacial score (nSPS) is 10.9. The Balaban J connectivity index is 1.58. The van der Waals surface area contributed by atoms with Crippen molar-refractivity contribution in [3.63, 3.8) is 0 Å². The molecule has 0 bridgehead atoms. The van der Waals surface area contributed by atoms with Crippen LogP contribution >= 0.6 is 11.6 Å². The van der Waals surface area contributed by atoms with Gasteiger partial charge in [-0.1, -0.05) is 54.1 Å². The summed E-state index contributed by atoms with van der Waals surface area (Å²) >= 11 is 5.92. The highest BCUT2D eigenvalue weighted by molar-refractivity contribution is 6.30. The molecular formula is C27H24ClN3O3. The van der Waals surface area contributed by atoms with Crippen molar-refractivity contribution in [3.8, 4) is 11.3 Å². The van der Waals surface area contributed by atoms with E-state index in [0.29, 0.717) is 47.4 Å². The molecule has 1 amide bonds. The van der Waals surface area contributed by atoms with Gasteiger partial charge in [-0.05, 0) is 55.2 Å². The van der Waals surface area contributed by atoms with E-state index >= 15 is 0 Å². The maximum absolute atomic E-state index is 12.7. The van der Waals surface area contributed by atoms with Crippen LogP contribution in [0, 0.1) is 0 Å². The van der Waals surface area contributed by atoms with Crippen LogP contribution in [0.2, 0.25) is 5.02 Å². The van der Waals surface area contributed by atoms with Gasteiger partial charge in [0.2, 0.25) is 0 Å². The first-order valence-corrected chi connectivity index (χ1v) is 11.5. The van der Waals surface area contributed by atoms with Gasteiger partial charge in [0.25, 0.3) is 5.91 Å². The topological polar surface area (TPSA) is 92.2 Å². The summed E-state index contributed by atoms with van der Waals surface area (Å²) in [4.78, 5) is 33.3. The number of carbonyl (C=O) groups excluding carboxylic acids is 1. The molecule has 34 heavy (non-hydrogen) atoms. The molecule has 0 unspecified atom stereocenters. The highest BCUT2D eigenvalue weighted by Gasteiger charge is 2.14. The third-order valence-corrected chi connectivity index (χ3v) is 5.72. The first-order chi connectivity index (χ1) is 16.5. The van der Waals surface area contributed by atoms with Gasteiger partial charge in [0.05, 0.1) is 22.4 Å². The van der Waals surface area contributed by atoms with Crippen molar-refractivity contribution in [2.24, 2.45) is 0 Å². The highest BCUT2D eigenvalue weighted by atomic mass is 35.5. The Morgan fingerprint density at radius 1 is 0.882 bits per heavy atom. The second-order valence-electron chi connectivity index (χ2n) is 8.00. The molecule has 7 heteroatoms. The molecule has 0 aliphatic heterocycles. The minimum atomic E-state index is -0.804. The first-order valence-electron chi connectivity index (χ1n) is 11.1. The van der Waals surface area contributed by atoms with E-state index in [0.717, 1.165) is 22.5 Å². The summed E-state index contributed by atoms with van der Waals surface area (Å²) < 4.78 is 0. The lowest BCUT2D eigenvalue weighted by atomic mass is 10.0. The van der Waals surface area contributed by atoms with Gasteiger partial charge in [0.15, 0.2) is 0 Å². The SMILES string of the molecule is O=C(O)CCCCc1nc2cc(C(=O)NCc3ccc(Cl)cc3)ccc2nc1-c1ccccc1. The number of carbonyl (C=O) groups is 2. The Bertz CT molecular complexity index is 1310. The first kappa shape index (κ1) is 23.4. The molecule has 2 N–H and O–H groups in total. The summed E-state index contributed by atoms with van der Waals surface area (Å²) in [5, 5.41) is 12.5. The molecular weight excluding hydrogens is 450 g/mol. The number of hydrogen-bond donors (Lipinski definition) is 2. The van der Waals surface area contributed by atoms with Crippen molar-refractivity contribution in [3.05, 3.63) is 94.6 Å². The summed E-state index contributed by atoms with van der Waals surface area (Å²) in [7, 11) is 0. The van der Waals surface area contributed by atoms with E-state index in [1.54, 1.807) is 30.3 Å². The maximum atomic E-state index is 12.7. The van der Waals surface area contributed by atoms with E-state index in [2.05, 4.69) is 5.32 Å². The van der Waals surface area contributed by atoms with E-state index in [9.17, 15) is 9.59 Å². The van der Waals surface area contributed by atoms with Crippen LogP contribution in [0.4, 0.5) is 0 Å². The van der Waals surface area contributed by atoms with Gasteiger partial charge in [0.1, 0.15) is 0 Å². The Kier molecular flexibility index (Phi) is 7.50.